The quantitative estimate of drug-likeness (QED) is 0.650. The zero-order chi connectivity index (χ0) is 18.5. The SMILES string of the molecule is CNC(=O)C1CN(C(=O)COC(=O)C2CC=CCC2)c2ccccc2O1. The van der Waals surface area contributed by atoms with Gasteiger partial charge in [0.25, 0.3) is 11.8 Å². The topological polar surface area (TPSA) is 84.9 Å². The lowest BCUT2D eigenvalue weighted by Crippen LogP contribution is -2.51. The van der Waals surface area contributed by atoms with Crippen molar-refractivity contribution >= 4 is 23.5 Å². The average molecular weight is 358 g/mol. The Kier molecular flexibility index (Phi) is 5.55. The minimum atomic E-state index is -0.807. The van der Waals surface area contributed by atoms with Gasteiger partial charge in [-0.25, -0.2) is 0 Å². The summed E-state index contributed by atoms with van der Waals surface area (Å²) in [5.74, 6) is -0.794. The number of anilines is 1. The first-order valence-electron chi connectivity index (χ1n) is 8.69. The lowest BCUT2D eigenvalue weighted by atomic mass is 9.95. The van der Waals surface area contributed by atoms with Crippen LogP contribution >= 0.6 is 0 Å². The van der Waals surface area contributed by atoms with Gasteiger partial charge in [0.15, 0.2) is 12.7 Å². The molecule has 26 heavy (non-hydrogen) atoms. The maximum Gasteiger partial charge on any atom is 0.309 e. The molecule has 1 N–H and O–H groups in total. The number of carbonyl (C=O) groups excluding carboxylic acids is 3. The van der Waals surface area contributed by atoms with E-state index in [9.17, 15) is 14.4 Å². The second-order valence-electron chi connectivity index (χ2n) is 6.28. The number of hydrogen-bond donors (Lipinski definition) is 1. The summed E-state index contributed by atoms with van der Waals surface area (Å²) in [6, 6.07) is 6.99. The molecule has 3 rings (SSSR count). The summed E-state index contributed by atoms with van der Waals surface area (Å²) in [4.78, 5) is 38.2. The van der Waals surface area contributed by atoms with Gasteiger partial charge in [0, 0.05) is 7.05 Å². The number of amides is 2. The lowest BCUT2D eigenvalue weighted by molar-refractivity contribution is -0.152. The number of likely N-dealkylation sites (N-methyl/N-ethyl adjacent to an activating group) is 1. The monoisotopic (exact) mass is 358 g/mol. The summed E-state index contributed by atoms with van der Waals surface area (Å²) < 4.78 is 10.9. The molecule has 1 aromatic rings. The maximum absolute atomic E-state index is 12.7. The number of nitrogens with zero attached hydrogens (tertiary/aromatic N) is 1. The van der Waals surface area contributed by atoms with Crippen molar-refractivity contribution in [2.45, 2.75) is 25.4 Å². The molecule has 0 radical (unpaired) electrons. The minimum absolute atomic E-state index is 0.0687. The van der Waals surface area contributed by atoms with E-state index in [1.807, 2.05) is 12.2 Å². The predicted molar refractivity (Wildman–Crippen MR) is 94.7 cm³/mol. The zero-order valence-corrected chi connectivity index (χ0v) is 14.6. The van der Waals surface area contributed by atoms with Crippen molar-refractivity contribution < 1.29 is 23.9 Å². The Morgan fingerprint density at radius 3 is 2.81 bits per heavy atom. The average Bonchev–Trinajstić information content (AvgIpc) is 2.70. The molecule has 1 heterocycles. The van der Waals surface area contributed by atoms with Gasteiger partial charge in [0.2, 0.25) is 0 Å². The third kappa shape index (κ3) is 3.87. The van der Waals surface area contributed by atoms with Gasteiger partial charge in [-0.05, 0) is 31.4 Å². The van der Waals surface area contributed by atoms with Crippen LogP contribution in [0, 0.1) is 5.92 Å². The van der Waals surface area contributed by atoms with Crippen molar-refractivity contribution in [3.63, 3.8) is 0 Å². The van der Waals surface area contributed by atoms with Gasteiger partial charge in [-0.2, -0.15) is 0 Å². The van der Waals surface area contributed by atoms with Crippen molar-refractivity contribution in [1.82, 2.24) is 5.32 Å². The van der Waals surface area contributed by atoms with E-state index in [0.29, 0.717) is 17.9 Å². The molecule has 0 saturated carbocycles. The second kappa shape index (κ2) is 8.03. The van der Waals surface area contributed by atoms with Crippen LogP contribution in [0.1, 0.15) is 19.3 Å². The summed E-state index contributed by atoms with van der Waals surface area (Å²) >= 11 is 0. The Morgan fingerprint density at radius 1 is 1.27 bits per heavy atom. The molecule has 0 bridgehead atoms. The van der Waals surface area contributed by atoms with E-state index in [2.05, 4.69) is 5.32 Å². The summed E-state index contributed by atoms with van der Waals surface area (Å²) in [5.41, 5.74) is 0.564. The fraction of sp³-hybridized carbons (Fsp3) is 0.421. The van der Waals surface area contributed by atoms with Crippen LogP contribution in [0.25, 0.3) is 0 Å². The molecule has 0 aromatic heterocycles. The minimum Gasteiger partial charge on any atom is -0.477 e. The Bertz CT molecular complexity index is 730. The molecule has 1 aromatic carbocycles. The molecule has 1 aliphatic carbocycles. The molecule has 2 amide bonds. The van der Waals surface area contributed by atoms with E-state index in [1.165, 1.54) is 11.9 Å². The molecule has 2 unspecified atom stereocenters. The number of nitrogens with one attached hydrogen (secondary N) is 1. The number of allylic oxidation sites excluding steroid dienone is 2. The summed E-state index contributed by atoms with van der Waals surface area (Å²) in [6.07, 6.45) is 5.42. The number of rotatable bonds is 4. The van der Waals surface area contributed by atoms with Gasteiger partial charge < -0.3 is 19.7 Å². The first kappa shape index (κ1) is 18.0. The lowest BCUT2D eigenvalue weighted by Gasteiger charge is -2.33. The van der Waals surface area contributed by atoms with E-state index in [0.717, 1.165) is 12.8 Å². The van der Waals surface area contributed by atoms with Crippen LogP contribution in [0.5, 0.6) is 5.75 Å². The van der Waals surface area contributed by atoms with Crippen LogP contribution in [-0.4, -0.2) is 44.1 Å². The van der Waals surface area contributed by atoms with Gasteiger partial charge in [-0.15, -0.1) is 0 Å². The van der Waals surface area contributed by atoms with Crippen LogP contribution in [0.3, 0.4) is 0 Å². The summed E-state index contributed by atoms with van der Waals surface area (Å²) in [6.45, 7) is -0.285. The highest BCUT2D eigenvalue weighted by atomic mass is 16.5. The van der Waals surface area contributed by atoms with Crippen LogP contribution in [0.4, 0.5) is 5.69 Å². The molecule has 0 saturated heterocycles. The van der Waals surface area contributed by atoms with Crippen molar-refractivity contribution in [3.8, 4) is 5.75 Å². The molecular weight excluding hydrogens is 336 g/mol. The maximum atomic E-state index is 12.7. The molecular formula is C19H22N2O5. The largest absolute Gasteiger partial charge is 0.477 e. The van der Waals surface area contributed by atoms with Gasteiger partial charge >= 0.3 is 5.97 Å². The first-order valence-corrected chi connectivity index (χ1v) is 8.69. The summed E-state index contributed by atoms with van der Waals surface area (Å²) in [7, 11) is 1.51. The highest BCUT2D eigenvalue weighted by Crippen LogP contribution is 2.33. The molecule has 0 fully saturated rings. The van der Waals surface area contributed by atoms with Gasteiger partial charge in [-0.3, -0.25) is 14.4 Å². The standard InChI is InChI=1S/C19H22N2O5/c1-20-18(23)16-11-21(14-9-5-6-10-15(14)26-16)17(22)12-25-19(24)13-7-3-2-4-8-13/h2-3,5-6,9-10,13,16H,4,7-8,11-12H2,1H3,(H,20,23). The van der Waals surface area contributed by atoms with Gasteiger partial charge in [0.1, 0.15) is 5.75 Å². The third-order valence-electron chi connectivity index (χ3n) is 4.55. The number of carbonyl (C=O) groups is 3. The number of para-hydroxylation sites is 2. The van der Waals surface area contributed by atoms with Crippen molar-refractivity contribution in [2.24, 2.45) is 5.92 Å². The normalized spacial score (nSPS) is 21.3. The highest BCUT2D eigenvalue weighted by molar-refractivity contribution is 5.98. The number of esters is 1. The van der Waals surface area contributed by atoms with Crippen molar-refractivity contribution in [2.75, 3.05) is 25.1 Å². The summed E-state index contributed by atoms with van der Waals surface area (Å²) in [5, 5.41) is 2.52. The van der Waals surface area contributed by atoms with E-state index in [-0.39, 0.29) is 36.9 Å². The van der Waals surface area contributed by atoms with Crippen molar-refractivity contribution in [1.29, 1.82) is 0 Å². The van der Waals surface area contributed by atoms with Gasteiger partial charge in [0.05, 0.1) is 18.2 Å². The van der Waals surface area contributed by atoms with Crippen LogP contribution < -0.4 is 15.0 Å². The number of ether oxygens (including phenoxy) is 2. The molecule has 1 aliphatic heterocycles. The van der Waals surface area contributed by atoms with Crippen LogP contribution in [0.15, 0.2) is 36.4 Å². The van der Waals surface area contributed by atoms with Gasteiger partial charge in [-0.1, -0.05) is 24.3 Å². The Labute approximate surface area is 151 Å². The first-order chi connectivity index (χ1) is 12.6. The Hall–Kier alpha value is -2.83. The van der Waals surface area contributed by atoms with E-state index in [4.69, 9.17) is 9.47 Å². The van der Waals surface area contributed by atoms with Crippen molar-refractivity contribution in [3.05, 3.63) is 36.4 Å². The van der Waals surface area contributed by atoms with E-state index >= 15 is 0 Å². The predicted octanol–water partition coefficient (Wildman–Crippen LogP) is 1.43. The highest BCUT2D eigenvalue weighted by Gasteiger charge is 2.34. The molecule has 138 valence electrons. The molecule has 2 atom stereocenters. The molecule has 0 spiro atoms. The number of fused-ring (bicyclic) bond motifs is 1. The number of hydrogen-bond acceptors (Lipinski definition) is 5. The third-order valence-corrected chi connectivity index (χ3v) is 4.55. The Balaban J connectivity index is 1.68. The second-order valence-corrected chi connectivity index (χ2v) is 6.28. The zero-order valence-electron chi connectivity index (χ0n) is 14.6. The molecule has 7 nitrogen and oxygen atoms in total. The fourth-order valence-corrected chi connectivity index (χ4v) is 3.10. The van der Waals surface area contributed by atoms with E-state index < -0.39 is 6.10 Å². The number of benzene rings is 1. The fourth-order valence-electron chi connectivity index (χ4n) is 3.10. The van der Waals surface area contributed by atoms with Crippen LogP contribution in [0.2, 0.25) is 0 Å². The molecule has 7 heteroatoms. The Morgan fingerprint density at radius 2 is 2.08 bits per heavy atom. The smallest absolute Gasteiger partial charge is 0.309 e. The molecule has 2 aliphatic rings. The van der Waals surface area contributed by atoms with Crippen LogP contribution in [-0.2, 0) is 19.1 Å². The van der Waals surface area contributed by atoms with E-state index in [1.54, 1.807) is 24.3 Å².